The lowest BCUT2D eigenvalue weighted by Gasteiger charge is -2.35. The summed E-state index contributed by atoms with van der Waals surface area (Å²) >= 11 is 0. The van der Waals surface area contributed by atoms with Gasteiger partial charge in [-0.15, -0.1) is 0 Å². The Morgan fingerprint density at radius 3 is 2.50 bits per heavy atom. The summed E-state index contributed by atoms with van der Waals surface area (Å²) in [5.41, 5.74) is -0.972. The summed E-state index contributed by atoms with van der Waals surface area (Å²) in [6.07, 6.45) is 2.60. The standard InChI is InChI=1S/C18H22O4/c1-12-7-5-6-8-13(12)18(21,16(20)22-4)14-9-10-17(2,3)11-15(14)19/h5-9,21H,10-11H2,1-4H3. The molecule has 1 aromatic carbocycles. The quantitative estimate of drug-likeness (QED) is 0.872. The molecular formula is C18H22O4. The molecule has 1 N–H and O–H groups in total. The number of hydrogen-bond donors (Lipinski definition) is 1. The van der Waals surface area contributed by atoms with Crippen molar-refractivity contribution < 1.29 is 19.4 Å². The number of methoxy groups -OCH3 is 1. The van der Waals surface area contributed by atoms with Crippen LogP contribution in [0.15, 0.2) is 35.9 Å². The van der Waals surface area contributed by atoms with Gasteiger partial charge in [0, 0.05) is 17.6 Å². The van der Waals surface area contributed by atoms with Crippen LogP contribution in [0.1, 0.15) is 37.8 Å². The third kappa shape index (κ3) is 2.71. The number of esters is 1. The number of benzene rings is 1. The molecule has 4 heteroatoms. The van der Waals surface area contributed by atoms with E-state index in [0.29, 0.717) is 18.4 Å². The molecule has 0 aliphatic heterocycles. The van der Waals surface area contributed by atoms with Crippen LogP contribution in [-0.2, 0) is 19.9 Å². The van der Waals surface area contributed by atoms with Gasteiger partial charge < -0.3 is 9.84 Å². The van der Waals surface area contributed by atoms with Crippen molar-refractivity contribution in [1.29, 1.82) is 0 Å². The van der Waals surface area contributed by atoms with Crippen LogP contribution in [0.2, 0.25) is 0 Å². The highest BCUT2D eigenvalue weighted by Gasteiger charge is 2.48. The minimum atomic E-state index is -2.05. The van der Waals surface area contributed by atoms with E-state index >= 15 is 0 Å². The number of rotatable bonds is 3. The summed E-state index contributed by atoms with van der Waals surface area (Å²) in [4.78, 5) is 24.9. The van der Waals surface area contributed by atoms with Gasteiger partial charge in [-0.1, -0.05) is 44.2 Å². The van der Waals surface area contributed by atoms with Crippen molar-refractivity contribution in [3.05, 3.63) is 47.0 Å². The van der Waals surface area contributed by atoms with E-state index in [2.05, 4.69) is 0 Å². The number of aryl methyl sites for hydroxylation is 1. The summed E-state index contributed by atoms with van der Waals surface area (Å²) in [5, 5.41) is 11.1. The first-order valence-electron chi connectivity index (χ1n) is 7.33. The van der Waals surface area contributed by atoms with Gasteiger partial charge in [-0.05, 0) is 24.3 Å². The van der Waals surface area contributed by atoms with E-state index in [4.69, 9.17) is 4.74 Å². The molecule has 0 fully saturated rings. The lowest BCUT2D eigenvalue weighted by Crippen LogP contribution is -2.44. The number of ether oxygens (including phenoxy) is 1. The fourth-order valence-electron chi connectivity index (χ4n) is 2.94. The molecule has 1 aliphatic rings. The second-order valence-electron chi connectivity index (χ2n) is 6.60. The molecule has 118 valence electrons. The van der Waals surface area contributed by atoms with Crippen molar-refractivity contribution in [3.8, 4) is 0 Å². The highest BCUT2D eigenvalue weighted by atomic mass is 16.5. The number of Topliss-reactive ketones (excluding diaryl/α,β-unsaturated/α-hetero) is 1. The number of aliphatic hydroxyl groups is 1. The molecule has 0 heterocycles. The van der Waals surface area contributed by atoms with Crippen molar-refractivity contribution in [2.45, 2.75) is 39.2 Å². The van der Waals surface area contributed by atoms with Gasteiger partial charge in [0.05, 0.1) is 7.11 Å². The largest absolute Gasteiger partial charge is 0.466 e. The third-order valence-electron chi connectivity index (χ3n) is 4.20. The Morgan fingerprint density at radius 2 is 1.95 bits per heavy atom. The van der Waals surface area contributed by atoms with Crippen LogP contribution in [0.25, 0.3) is 0 Å². The molecule has 1 atom stereocenters. The molecule has 22 heavy (non-hydrogen) atoms. The number of hydrogen-bond acceptors (Lipinski definition) is 4. The average Bonchev–Trinajstić information content (AvgIpc) is 2.45. The fraction of sp³-hybridized carbons (Fsp3) is 0.444. The van der Waals surface area contributed by atoms with Gasteiger partial charge in [-0.2, -0.15) is 0 Å². The summed E-state index contributed by atoms with van der Waals surface area (Å²) in [5.74, 6) is -1.05. The molecule has 0 aromatic heterocycles. The Bertz CT molecular complexity index is 642. The van der Waals surface area contributed by atoms with Crippen LogP contribution in [-0.4, -0.2) is 24.0 Å². The molecule has 0 saturated carbocycles. The SMILES string of the molecule is COC(=O)C(O)(C1=CCC(C)(C)CC1=O)c1ccccc1C. The molecule has 0 radical (unpaired) electrons. The van der Waals surface area contributed by atoms with Gasteiger partial charge in [0.15, 0.2) is 5.78 Å². The van der Waals surface area contributed by atoms with Crippen LogP contribution in [0, 0.1) is 12.3 Å². The van der Waals surface area contributed by atoms with Crippen molar-refractivity contribution in [3.63, 3.8) is 0 Å². The molecule has 1 unspecified atom stereocenters. The monoisotopic (exact) mass is 302 g/mol. The lowest BCUT2D eigenvalue weighted by atomic mass is 9.71. The van der Waals surface area contributed by atoms with Crippen LogP contribution in [0.3, 0.4) is 0 Å². The topological polar surface area (TPSA) is 63.6 Å². The van der Waals surface area contributed by atoms with Crippen LogP contribution in [0.4, 0.5) is 0 Å². The Balaban J connectivity index is 2.62. The van der Waals surface area contributed by atoms with Crippen molar-refractivity contribution in [2.75, 3.05) is 7.11 Å². The highest BCUT2D eigenvalue weighted by molar-refractivity contribution is 6.05. The van der Waals surface area contributed by atoms with E-state index in [0.717, 1.165) is 5.56 Å². The van der Waals surface area contributed by atoms with E-state index in [9.17, 15) is 14.7 Å². The maximum atomic E-state index is 12.5. The Labute approximate surface area is 130 Å². The van der Waals surface area contributed by atoms with Gasteiger partial charge in [0.25, 0.3) is 0 Å². The molecule has 1 aromatic rings. The van der Waals surface area contributed by atoms with Crippen molar-refractivity contribution in [2.24, 2.45) is 5.41 Å². The summed E-state index contributed by atoms with van der Waals surface area (Å²) < 4.78 is 4.80. The second-order valence-corrected chi connectivity index (χ2v) is 6.60. The molecular weight excluding hydrogens is 280 g/mol. The number of ketones is 1. The zero-order valence-corrected chi connectivity index (χ0v) is 13.5. The first kappa shape index (κ1) is 16.4. The van der Waals surface area contributed by atoms with E-state index in [1.54, 1.807) is 31.2 Å². The first-order valence-corrected chi connectivity index (χ1v) is 7.33. The van der Waals surface area contributed by atoms with Crippen LogP contribution >= 0.6 is 0 Å². The predicted octanol–water partition coefficient (Wildman–Crippen LogP) is 2.67. The van der Waals surface area contributed by atoms with Crippen molar-refractivity contribution >= 4 is 11.8 Å². The zero-order chi connectivity index (χ0) is 16.5. The number of carbonyl (C=O) groups is 2. The van der Waals surface area contributed by atoms with Crippen LogP contribution in [0.5, 0.6) is 0 Å². The maximum absolute atomic E-state index is 12.5. The zero-order valence-electron chi connectivity index (χ0n) is 13.5. The van der Waals surface area contributed by atoms with Crippen LogP contribution < -0.4 is 0 Å². The number of allylic oxidation sites excluding steroid dienone is 1. The van der Waals surface area contributed by atoms with Gasteiger partial charge in [0.2, 0.25) is 5.60 Å². The molecule has 2 rings (SSSR count). The van der Waals surface area contributed by atoms with E-state index < -0.39 is 11.6 Å². The molecule has 4 nitrogen and oxygen atoms in total. The van der Waals surface area contributed by atoms with E-state index in [1.165, 1.54) is 7.11 Å². The minimum absolute atomic E-state index is 0.118. The molecule has 0 spiro atoms. The third-order valence-corrected chi connectivity index (χ3v) is 4.20. The van der Waals surface area contributed by atoms with Gasteiger partial charge in [-0.3, -0.25) is 4.79 Å². The smallest absolute Gasteiger partial charge is 0.347 e. The molecule has 0 saturated heterocycles. The second kappa shape index (κ2) is 5.69. The molecule has 0 amide bonds. The molecule has 0 bridgehead atoms. The summed E-state index contributed by atoms with van der Waals surface area (Å²) in [6, 6.07) is 6.99. The first-order chi connectivity index (χ1) is 10.2. The fourth-order valence-corrected chi connectivity index (χ4v) is 2.94. The Morgan fingerprint density at radius 1 is 1.32 bits per heavy atom. The summed E-state index contributed by atoms with van der Waals surface area (Å²) in [7, 11) is 1.21. The van der Waals surface area contributed by atoms with Gasteiger partial charge >= 0.3 is 5.97 Å². The molecule has 1 aliphatic carbocycles. The van der Waals surface area contributed by atoms with E-state index in [1.807, 2.05) is 19.9 Å². The van der Waals surface area contributed by atoms with Crippen molar-refractivity contribution in [1.82, 2.24) is 0 Å². The predicted molar refractivity (Wildman–Crippen MR) is 83.2 cm³/mol. The summed E-state index contributed by atoms with van der Waals surface area (Å²) in [6.45, 7) is 5.77. The number of carbonyl (C=O) groups excluding carboxylic acids is 2. The van der Waals surface area contributed by atoms with Gasteiger partial charge in [0.1, 0.15) is 0 Å². The maximum Gasteiger partial charge on any atom is 0.347 e. The minimum Gasteiger partial charge on any atom is -0.466 e. The average molecular weight is 302 g/mol. The normalized spacial score (nSPS) is 20.0. The highest BCUT2D eigenvalue weighted by Crippen LogP contribution is 2.41. The van der Waals surface area contributed by atoms with E-state index in [-0.39, 0.29) is 16.8 Å². The Hall–Kier alpha value is -1.94. The lowest BCUT2D eigenvalue weighted by molar-refractivity contribution is -0.160. The Kier molecular flexibility index (Phi) is 4.25. The van der Waals surface area contributed by atoms with Gasteiger partial charge in [-0.25, -0.2) is 4.79 Å².